The highest BCUT2D eigenvalue weighted by molar-refractivity contribution is 8.03. The molecule has 1 N–H and O–H groups in total. The Morgan fingerprint density at radius 3 is 2.96 bits per heavy atom. The van der Waals surface area contributed by atoms with Crippen LogP contribution in [-0.4, -0.2) is 46.3 Å². The maximum Gasteiger partial charge on any atom is 0.241 e. The van der Waals surface area contributed by atoms with Gasteiger partial charge in [0.2, 0.25) is 5.91 Å². The molecule has 1 aromatic carbocycles. The van der Waals surface area contributed by atoms with Crippen LogP contribution in [0.25, 0.3) is 0 Å². The first-order valence-corrected chi connectivity index (χ1v) is 9.57. The molecular weight excluding hydrogens is 350 g/mol. The van der Waals surface area contributed by atoms with Crippen molar-refractivity contribution in [3.63, 3.8) is 0 Å². The average molecular weight is 370 g/mol. The van der Waals surface area contributed by atoms with Crippen molar-refractivity contribution in [1.82, 2.24) is 10.2 Å². The number of hydrogen-bond donors (Lipinski definition) is 1. The van der Waals surface area contributed by atoms with Gasteiger partial charge in [-0.1, -0.05) is 18.2 Å². The molecule has 4 nitrogen and oxygen atoms in total. The third-order valence-electron chi connectivity index (χ3n) is 3.98. The Labute approximate surface area is 151 Å². The number of thioether (sulfide) groups is 2. The average Bonchev–Trinajstić information content (AvgIpc) is 3.22. The number of nitriles is 1. The summed E-state index contributed by atoms with van der Waals surface area (Å²) in [5.74, 6) is 1.84. The molecule has 0 radical (unpaired) electrons. The number of rotatable bonds is 4. The molecule has 0 saturated carbocycles. The van der Waals surface area contributed by atoms with E-state index in [1.807, 2.05) is 30.0 Å². The number of benzene rings is 1. The van der Waals surface area contributed by atoms with Gasteiger partial charge in [0.1, 0.15) is 6.04 Å². The number of nitrogens with zero attached hydrogens (tertiary/aromatic N) is 2. The van der Waals surface area contributed by atoms with E-state index in [1.54, 1.807) is 16.7 Å². The predicted molar refractivity (Wildman–Crippen MR) is 97.9 cm³/mol. The molecule has 1 amide bonds. The lowest BCUT2D eigenvalue weighted by Gasteiger charge is -2.23. The van der Waals surface area contributed by atoms with Gasteiger partial charge in [-0.15, -0.1) is 35.9 Å². The maximum atomic E-state index is 12.5. The fourth-order valence-electron chi connectivity index (χ4n) is 2.83. The summed E-state index contributed by atoms with van der Waals surface area (Å²) in [6.07, 6.45) is 1.76. The molecule has 2 heterocycles. The summed E-state index contributed by atoms with van der Waals surface area (Å²) >= 11 is 3.61. The molecular formula is C16H20ClN3OS2. The normalized spacial score (nSPS) is 26.6. The molecule has 124 valence electrons. The van der Waals surface area contributed by atoms with Crippen LogP contribution < -0.4 is 5.32 Å². The summed E-state index contributed by atoms with van der Waals surface area (Å²) in [4.78, 5) is 15.5. The van der Waals surface area contributed by atoms with Gasteiger partial charge < -0.3 is 4.90 Å². The second kappa shape index (κ2) is 8.84. The molecule has 3 rings (SSSR count). The fourth-order valence-corrected chi connectivity index (χ4v) is 5.13. The number of amides is 1. The molecule has 0 bridgehead atoms. The minimum atomic E-state index is -0.225. The Kier molecular flexibility index (Phi) is 7.09. The Morgan fingerprint density at radius 1 is 1.43 bits per heavy atom. The molecule has 0 spiro atoms. The molecule has 23 heavy (non-hydrogen) atoms. The van der Waals surface area contributed by atoms with Gasteiger partial charge in [-0.05, 0) is 25.0 Å². The van der Waals surface area contributed by atoms with Gasteiger partial charge in [0.05, 0.1) is 17.5 Å². The van der Waals surface area contributed by atoms with Crippen molar-refractivity contribution in [2.75, 3.05) is 18.1 Å². The highest BCUT2D eigenvalue weighted by atomic mass is 35.5. The predicted octanol–water partition coefficient (Wildman–Crippen LogP) is 2.75. The van der Waals surface area contributed by atoms with Crippen molar-refractivity contribution in [1.29, 1.82) is 5.26 Å². The molecule has 2 aliphatic rings. The highest BCUT2D eigenvalue weighted by Crippen LogP contribution is 2.28. The van der Waals surface area contributed by atoms with Crippen LogP contribution >= 0.6 is 35.9 Å². The summed E-state index contributed by atoms with van der Waals surface area (Å²) < 4.78 is 0. The summed E-state index contributed by atoms with van der Waals surface area (Å²) in [5.41, 5.74) is 0. The first kappa shape index (κ1) is 18.5. The zero-order valence-corrected chi connectivity index (χ0v) is 15.1. The first-order chi connectivity index (χ1) is 10.8. The van der Waals surface area contributed by atoms with Gasteiger partial charge in [-0.25, -0.2) is 0 Å². The smallest absolute Gasteiger partial charge is 0.241 e. The molecule has 2 aliphatic heterocycles. The summed E-state index contributed by atoms with van der Waals surface area (Å²) in [7, 11) is 0. The van der Waals surface area contributed by atoms with Gasteiger partial charge in [0.25, 0.3) is 0 Å². The lowest BCUT2D eigenvalue weighted by atomic mass is 10.2. The van der Waals surface area contributed by atoms with Crippen LogP contribution in [-0.2, 0) is 4.79 Å². The number of likely N-dealkylation sites (tertiary alicyclic amines) is 1. The SMILES string of the molecule is Cl.N#C[C@@H]1CCCN1C(=O)[C@@H]1CSC(CSc2ccccc2)N1. The third-order valence-corrected chi connectivity index (χ3v) is 6.53. The number of halogens is 1. The minimum Gasteiger partial charge on any atom is -0.325 e. The van der Waals surface area contributed by atoms with Crippen LogP contribution in [0.4, 0.5) is 0 Å². The Hall–Kier alpha value is -0.870. The second-order valence-electron chi connectivity index (χ2n) is 5.48. The number of carbonyl (C=O) groups is 1. The summed E-state index contributed by atoms with van der Waals surface area (Å²) in [6, 6.07) is 12.2. The van der Waals surface area contributed by atoms with Crippen molar-refractivity contribution in [2.45, 2.75) is 35.2 Å². The van der Waals surface area contributed by atoms with E-state index in [9.17, 15) is 4.79 Å². The topological polar surface area (TPSA) is 56.1 Å². The van der Waals surface area contributed by atoms with E-state index in [4.69, 9.17) is 5.26 Å². The number of carbonyl (C=O) groups excluding carboxylic acids is 1. The van der Waals surface area contributed by atoms with E-state index in [-0.39, 0.29) is 30.4 Å². The molecule has 2 fully saturated rings. The molecule has 1 aromatic rings. The number of hydrogen-bond acceptors (Lipinski definition) is 5. The Bertz CT molecular complexity index is 566. The van der Waals surface area contributed by atoms with Crippen LogP contribution in [0.2, 0.25) is 0 Å². The Morgan fingerprint density at radius 2 is 2.22 bits per heavy atom. The van der Waals surface area contributed by atoms with E-state index in [1.165, 1.54) is 4.90 Å². The van der Waals surface area contributed by atoms with Crippen LogP contribution in [0.1, 0.15) is 12.8 Å². The lowest BCUT2D eigenvalue weighted by Crippen LogP contribution is -2.48. The molecule has 7 heteroatoms. The zero-order chi connectivity index (χ0) is 15.4. The van der Waals surface area contributed by atoms with E-state index in [0.29, 0.717) is 5.37 Å². The molecule has 1 unspecified atom stereocenters. The Balaban J connectivity index is 0.00000192. The van der Waals surface area contributed by atoms with Crippen molar-refractivity contribution in [3.05, 3.63) is 30.3 Å². The summed E-state index contributed by atoms with van der Waals surface area (Å²) in [5, 5.41) is 12.8. The fraction of sp³-hybridized carbons (Fsp3) is 0.500. The monoisotopic (exact) mass is 369 g/mol. The molecule has 3 atom stereocenters. The summed E-state index contributed by atoms with van der Waals surface area (Å²) in [6.45, 7) is 0.726. The van der Waals surface area contributed by atoms with Crippen molar-refractivity contribution in [3.8, 4) is 6.07 Å². The highest BCUT2D eigenvalue weighted by Gasteiger charge is 2.37. The van der Waals surface area contributed by atoms with Crippen LogP contribution in [0.3, 0.4) is 0 Å². The van der Waals surface area contributed by atoms with Gasteiger partial charge in [0.15, 0.2) is 0 Å². The van der Waals surface area contributed by atoms with Gasteiger partial charge in [0, 0.05) is 22.9 Å². The van der Waals surface area contributed by atoms with E-state index in [0.717, 1.165) is 30.9 Å². The van der Waals surface area contributed by atoms with E-state index < -0.39 is 0 Å². The lowest BCUT2D eigenvalue weighted by molar-refractivity contribution is -0.132. The van der Waals surface area contributed by atoms with Crippen molar-refractivity contribution < 1.29 is 4.79 Å². The van der Waals surface area contributed by atoms with Crippen LogP contribution in [0.5, 0.6) is 0 Å². The zero-order valence-electron chi connectivity index (χ0n) is 12.7. The van der Waals surface area contributed by atoms with Crippen LogP contribution in [0, 0.1) is 11.3 Å². The first-order valence-electron chi connectivity index (χ1n) is 7.53. The van der Waals surface area contributed by atoms with Gasteiger partial charge >= 0.3 is 0 Å². The van der Waals surface area contributed by atoms with Crippen molar-refractivity contribution in [2.24, 2.45) is 0 Å². The minimum absolute atomic E-state index is 0. The maximum absolute atomic E-state index is 12.5. The molecule has 2 saturated heterocycles. The van der Waals surface area contributed by atoms with Crippen LogP contribution in [0.15, 0.2) is 35.2 Å². The van der Waals surface area contributed by atoms with Gasteiger partial charge in [-0.3, -0.25) is 10.1 Å². The van der Waals surface area contributed by atoms with E-state index >= 15 is 0 Å². The molecule has 0 aliphatic carbocycles. The number of nitrogens with one attached hydrogen (secondary N) is 1. The molecule has 0 aromatic heterocycles. The largest absolute Gasteiger partial charge is 0.325 e. The third kappa shape index (κ3) is 4.57. The second-order valence-corrected chi connectivity index (χ2v) is 7.81. The quantitative estimate of drug-likeness (QED) is 0.827. The standard InChI is InChI=1S/C16H19N3OS2.ClH/c17-9-12-5-4-8-19(12)16(20)14-10-22-15(18-14)11-21-13-6-2-1-3-7-13;/h1-3,6-7,12,14-15,18H,4-5,8,10-11H2;1H/t12-,14-,15?;/m0./s1. The van der Waals surface area contributed by atoms with Crippen molar-refractivity contribution >= 4 is 41.8 Å². The van der Waals surface area contributed by atoms with E-state index in [2.05, 4.69) is 23.5 Å². The van der Waals surface area contributed by atoms with Gasteiger partial charge in [-0.2, -0.15) is 5.26 Å².